The maximum absolute atomic E-state index is 12.1. The number of hydrogen-bond donors (Lipinski definition) is 2. The van der Waals surface area contributed by atoms with Crippen LogP contribution in [-0.2, 0) is 10.8 Å². The van der Waals surface area contributed by atoms with E-state index in [-0.39, 0.29) is 0 Å². The Morgan fingerprint density at radius 1 is 1.15 bits per heavy atom. The van der Waals surface area contributed by atoms with Gasteiger partial charge in [0.1, 0.15) is 0 Å². The van der Waals surface area contributed by atoms with E-state index in [2.05, 4.69) is 34.4 Å². The molecule has 27 heavy (non-hydrogen) atoms. The van der Waals surface area contributed by atoms with Crippen LogP contribution >= 0.6 is 0 Å². The van der Waals surface area contributed by atoms with Crippen molar-refractivity contribution in [1.82, 2.24) is 15.5 Å². The summed E-state index contributed by atoms with van der Waals surface area (Å²) in [5.74, 6) is 3.37. The highest BCUT2D eigenvalue weighted by atomic mass is 32.2. The maximum Gasteiger partial charge on any atom is 0.191 e. The van der Waals surface area contributed by atoms with Crippen LogP contribution in [0.25, 0.3) is 0 Å². The summed E-state index contributed by atoms with van der Waals surface area (Å²) in [6.07, 6.45) is 8.23. The normalized spacial score (nSPS) is 31.5. The Morgan fingerprint density at radius 2 is 1.89 bits per heavy atom. The molecule has 0 spiro atoms. The molecule has 6 heteroatoms. The van der Waals surface area contributed by atoms with Crippen molar-refractivity contribution in [1.29, 1.82) is 0 Å². The molecule has 2 rings (SSSR count). The zero-order valence-corrected chi connectivity index (χ0v) is 18.8. The number of guanidine groups is 1. The average Bonchev–Trinajstić information content (AvgIpc) is 2.65. The smallest absolute Gasteiger partial charge is 0.191 e. The van der Waals surface area contributed by atoms with Crippen molar-refractivity contribution in [3.63, 3.8) is 0 Å². The highest BCUT2D eigenvalue weighted by Crippen LogP contribution is 2.23. The number of unbranched alkanes of at least 4 members (excludes halogenated alkanes) is 1. The zero-order chi connectivity index (χ0) is 19.6. The number of nitrogens with one attached hydrogen (secondary N) is 2. The zero-order valence-electron chi connectivity index (χ0n) is 18.0. The van der Waals surface area contributed by atoms with Gasteiger partial charge >= 0.3 is 0 Å². The van der Waals surface area contributed by atoms with Crippen LogP contribution in [0.3, 0.4) is 0 Å². The van der Waals surface area contributed by atoms with Crippen molar-refractivity contribution < 1.29 is 4.21 Å². The predicted octanol–water partition coefficient (Wildman–Crippen LogP) is 2.99. The quantitative estimate of drug-likeness (QED) is 0.375. The topological polar surface area (TPSA) is 56.7 Å². The molecule has 0 radical (unpaired) electrons. The van der Waals surface area contributed by atoms with Gasteiger partial charge in [-0.25, -0.2) is 0 Å². The van der Waals surface area contributed by atoms with E-state index in [1.54, 1.807) is 0 Å². The van der Waals surface area contributed by atoms with Crippen molar-refractivity contribution >= 4 is 16.8 Å². The molecule has 0 aromatic heterocycles. The molecule has 1 aliphatic heterocycles. The van der Waals surface area contributed by atoms with Gasteiger partial charge in [-0.05, 0) is 56.9 Å². The fraction of sp³-hybridized carbons (Fsp3) is 0.952. The first kappa shape index (κ1) is 22.7. The van der Waals surface area contributed by atoms with Crippen LogP contribution in [0.1, 0.15) is 65.7 Å². The first-order chi connectivity index (χ1) is 13.0. The highest BCUT2D eigenvalue weighted by Gasteiger charge is 2.26. The van der Waals surface area contributed by atoms with Crippen LogP contribution in [0.2, 0.25) is 0 Å². The molecule has 2 N–H and O–H groups in total. The maximum atomic E-state index is 12.1. The van der Waals surface area contributed by atoms with Crippen LogP contribution in [0, 0.1) is 11.8 Å². The summed E-state index contributed by atoms with van der Waals surface area (Å²) in [4.78, 5) is 7.03. The van der Waals surface area contributed by atoms with Gasteiger partial charge in [0.05, 0.1) is 0 Å². The molecule has 5 atom stereocenters. The monoisotopic (exact) mass is 398 g/mol. The largest absolute Gasteiger partial charge is 0.356 e. The summed E-state index contributed by atoms with van der Waals surface area (Å²) in [6, 6.07) is 0.404. The van der Waals surface area contributed by atoms with Crippen LogP contribution < -0.4 is 10.6 Å². The van der Waals surface area contributed by atoms with Gasteiger partial charge in [0.15, 0.2) is 5.96 Å². The lowest BCUT2D eigenvalue weighted by Gasteiger charge is -2.35. The molecule has 2 fully saturated rings. The van der Waals surface area contributed by atoms with Crippen molar-refractivity contribution in [2.75, 3.05) is 39.0 Å². The minimum Gasteiger partial charge on any atom is -0.356 e. The molecule has 1 aliphatic carbocycles. The van der Waals surface area contributed by atoms with E-state index in [0.717, 1.165) is 55.8 Å². The van der Waals surface area contributed by atoms with Gasteiger partial charge in [0, 0.05) is 54.5 Å². The summed E-state index contributed by atoms with van der Waals surface area (Å²) in [5, 5.41) is 7.39. The third-order valence-corrected chi connectivity index (χ3v) is 7.73. The molecule has 0 aromatic carbocycles. The van der Waals surface area contributed by atoms with Gasteiger partial charge in [-0.3, -0.25) is 9.20 Å². The summed E-state index contributed by atoms with van der Waals surface area (Å²) < 4.78 is 12.1. The third kappa shape index (κ3) is 8.10. The number of nitrogens with zero attached hydrogens (tertiary/aromatic N) is 2. The second-order valence-electron chi connectivity index (χ2n) is 8.71. The summed E-state index contributed by atoms with van der Waals surface area (Å²) in [6.45, 7) is 11.5. The second kappa shape index (κ2) is 12.1. The van der Waals surface area contributed by atoms with Crippen LogP contribution in [0.4, 0.5) is 0 Å². The van der Waals surface area contributed by atoms with Crippen LogP contribution in [0.15, 0.2) is 4.99 Å². The molecule has 5 unspecified atom stereocenters. The number of hydrogen-bond acceptors (Lipinski definition) is 3. The molecule has 2 aliphatic rings. The Balaban J connectivity index is 1.62. The number of likely N-dealkylation sites (tertiary alicyclic amines) is 1. The van der Waals surface area contributed by atoms with Gasteiger partial charge in [-0.2, -0.15) is 0 Å². The fourth-order valence-electron chi connectivity index (χ4n) is 4.78. The Labute approximate surface area is 169 Å². The Morgan fingerprint density at radius 3 is 2.56 bits per heavy atom. The minimum absolute atomic E-state index is 0.355. The molecule has 1 saturated heterocycles. The molecule has 5 nitrogen and oxygen atoms in total. The fourth-order valence-corrected chi connectivity index (χ4v) is 6.13. The van der Waals surface area contributed by atoms with Crippen LogP contribution in [0.5, 0.6) is 0 Å². The predicted molar refractivity (Wildman–Crippen MR) is 118 cm³/mol. The Bertz CT molecular complexity index is 475. The molecular weight excluding hydrogens is 356 g/mol. The van der Waals surface area contributed by atoms with Crippen molar-refractivity contribution in [2.24, 2.45) is 16.8 Å². The van der Waals surface area contributed by atoms with Gasteiger partial charge in [0.2, 0.25) is 0 Å². The summed E-state index contributed by atoms with van der Waals surface area (Å²) in [7, 11) is 1.17. The molecule has 0 bridgehead atoms. The molecule has 0 amide bonds. The first-order valence-corrected chi connectivity index (χ1v) is 12.5. The summed E-state index contributed by atoms with van der Waals surface area (Å²) in [5.41, 5.74) is 0. The van der Waals surface area contributed by atoms with Gasteiger partial charge in [0.25, 0.3) is 0 Å². The SMILES string of the molecule is CCS(=O)C1CCCC(NC(=NC)NCCCCN2CC(C)CC(C)C2)C1. The van der Waals surface area contributed by atoms with E-state index in [4.69, 9.17) is 0 Å². The molecular formula is C21H42N4OS. The second-order valence-corrected chi connectivity index (χ2v) is 10.7. The van der Waals surface area contributed by atoms with Crippen LogP contribution in [-0.4, -0.2) is 65.3 Å². The summed E-state index contributed by atoms with van der Waals surface area (Å²) >= 11 is 0. The lowest BCUT2D eigenvalue weighted by Crippen LogP contribution is -2.47. The van der Waals surface area contributed by atoms with E-state index < -0.39 is 10.8 Å². The number of aliphatic imine (C=N–C) groups is 1. The lowest BCUT2D eigenvalue weighted by atomic mass is 9.92. The molecule has 1 heterocycles. The Hall–Kier alpha value is -0.620. The lowest BCUT2D eigenvalue weighted by molar-refractivity contribution is 0.139. The Kier molecular flexibility index (Phi) is 10.1. The van der Waals surface area contributed by atoms with Crippen molar-refractivity contribution in [2.45, 2.75) is 77.0 Å². The van der Waals surface area contributed by atoms with Crippen molar-refractivity contribution in [3.05, 3.63) is 0 Å². The van der Waals surface area contributed by atoms with Gasteiger partial charge < -0.3 is 15.5 Å². The first-order valence-electron chi connectivity index (χ1n) is 11.1. The number of piperidine rings is 1. The molecule has 0 aromatic rings. The molecule has 158 valence electrons. The van der Waals surface area contributed by atoms with Crippen molar-refractivity contribution in [3.8, 4) is 0 Å². The molecule has 1 saturated carbocycles. The van der Waals surface area contributed by atoms with Gasteiger partial charge in [-0.15, -0.1) is 0 Å². The highest BCUT2D eigenvalue weighted by molar-refractivity contribution is 7.85. The van der Waals surface area contributed by atoms with Gasteiger partial charge in [-0.1, -0.05) is 27.2 Å². The van der Waals surface area contributed by atoms with E-state index in [1.165, 1.54) is 38.9 Å². The standard InChI is InChI=1S/C21H42N4OS/c1-5-27(26)20-10-8-9-19(14-20)24-21(22-4)23-11-6-7-12-25-15-17(2)13-18(3)16-25/h17-20H,5-16H2,1-4H3,(H2,22,23,24). The van der Waals surface area contributed by atoms with E-state index in [9.17, 15) is 4.21 Å². The minimum atomic E-state index is -0.672. The third-order valence-electron chi connectivity index (χ3n) is 5.98. The van der Waals surface area contributed by atoms with E-state index in [1.807, 2.05) is 14.0 Å². The van der Waals surface area contributed by atoms with E-state index in [0.29, 0.717) is 11.3 Å². The number of rotatable bonds is 8. The average molecular weight is 399 g/mol. The van der Waals surface area contributed by atoms with E-state index >= 15 is 0 Å².